The monoisotopic (exact) mass is 457 g/mol. The molecule has 4 amide bonds. The van der Waals surface area contributed by atoms with E-state index in [1.54, 1.807) is 16.7 Å². The third-order valence-corrected chi connectivity index (χ3v) is 8.20. The average Bonchev–Trinajstić information content (AvgIpc) is 3.61. The van der Waals surface area contributed by atoms with E-state index < -0.39 is 17.4 Å². The van der Waals surface area contributed by atoms with E-state index in [9.17, 15) is 19.2 Å². The number of benzene rings is 2. The summed E-state index contributed by atoms with van der Waals surface area (Å²) in [6, 6.07) is 17.6. The number of likely N-dealkylation sites (tertiary alicyclic amines) is 1. The van der Waals surface area contributed by atoms with Crippen LogP contribution in [0.4, 0.5) is 0 Å². The van der Waals surface area contributed by atoms with Crippen LogP contribution in [0.3, 0.4) is 0 Å². The molecular formula is C27H27N3O4. The Morgan fingerprint density at radius 2 is 1.53 bits per heavy atom. The van der Waals surface area contributed by atoms with E-state index in [4.69, 9.17) is 0 Å². The van der Waals surface area contributed by atoms with E-state index in [1.807, 2.05) is 54.6 Å². The number of imide groups is 1. The van der Waals surface area contributed by atoms with Crippen molar-refractivity contribution in [2.24, 2.45) is 17.8 Å². The standard InChI is InChI=1S/C27H27N3O4/c1-27-22-21(24(32)28(2)25(22)33)23(19-12-13-19)30(27)20(31)15-29(26(27)34)14-16-8-10-18(11-9-16)17-6-4-3-5-7-17/h3-11,19,21-23H,12-15H2,1-2H3/t21?,22?,23?,27-/m1/s1. The van der Waals surface area contributed by atoms with Crippen molar-refractivity contribution in [1.29, 1.82) is 0 Å². The molecule has 7 nitrogen and oxygen atoms in total. The molecule has 0 N–H and O–H groups in total. The number of hydrogen-bond donors (Lipinski definition) is 0. The number of nitrogens with zero attached hydrogens (tertiary/aromatic N) is 3. The minimum atomic E-state index is -1.32. The summed E-state index contributed by atoms with van der Waals surface area (Å²) >= 11 is 0. The number of rotatable bonds is 4. The van der Waals surface area contributed by atoms with E-state index >= 15 is 0 Å². The molecule has 6 rings (SSSR count). The zero-order valence-electron chi connectivity index (χ0n) is 19.3. The van der Waals surface area contributed by atoms with Gasteiger partial charge in [-0.05, 0) is 42.4 Å². The smallest absolute Gasteiger partial charge is 0.249 e. The quantitative estimate of drug-likeness (QED) is 0.660. The van der Waals surface area contributed by atoms with Gasteiger partial charge in [0.25, 0.3) is 0 Å². The van der Waals surface area contributed by atoms with E-state index in [-0.39, 0.29) is 48.7 Å². The molecule has 4 atom stereocenters. The van der Waals surface area contributed by atoms with Crippen molar-refractivity contribution in [1.82, 2.24) is 14.7 Å². The Morgan fingerprint density at radius 3 is 2.18 bits per heavy atom. The lowest BCUT2D eigenvalue weighted by atomic mass is 9.79. The summed E-state index contributed by atoms with van der Waals surface area (Å²) in [7, 11) is 1.49. The van der Waals surface area contributed by atoms with Crippen LogP contribution >= 0.6 is 0 Å². The molecule has 3 saturated heterocycles. The van der Waals surface area contributed by atoms with Crippen molar-refractivity contribution < 1.29 is 19.2 Å². The van der Waals surface area contributed by atoms with Crippen LogP contribution in [0.1, 0.15) is 25.3 Å². The van der Waals surface area contributed by atoms with E-state index in [2.05, 4.69) is 0 Å². The molecule has 174 valence electrons. The van der Waals surface area contributed by atoms with Crippen molar-refractivity contribution >= 4 is 23.6 Å². The zero-order valence-corrected chi connectivity index (χ0v) is 19.3. The summed E-state index contributed by atoms with van der Waals surface area (Å²) in [4.78, 5) is 57.8. The Hall–Kier alpha value is -3.48. The maximum absolute atomic E-state index is 13.9. The van der Waals surface area contributed by atoms with Gasteiger partial charge in [0.2, 0.25) is 23.6 Å². The highest BCUT2D eigenvalue weighted by atomic mass is 16.2. The van der Waals surface area contributed by atoms with Crippen LogP contribution in [0.2, 0.25) is 0 Å². The van der Waals surface area contributed by atoms with Gasteiger partial charge < -0.3 is 9.80 Å². The van der Waals surface area contributed by atoms with Crippen LogP contribution in [0.25, 0.3) is 11.1 Å². The maximum Gasteiger partial charge on any atom is 0.249 e. The van der Waals surface area contributed by atoms with Crippen LogP contribution < -0.4 is 0 Å². The summed E-state index contributed by atoms with van der Waals surface area (Å²) in [5, 5.41) is 0. The number of carbonyl (C=O) groups is 4. The molecule has 4 fully saturated rings. The van der Waals surface area contributed by atoms with E-state index in [1.165, 1.54) is 7.05 Å². The first-order valence-electron chi connectivity index (χ1n) is 11.9. The Bertz CT molecular complexity index is 1210. The van der Waals surface area contributed by atoms with Crippen molar-refractivity contribution in [3.05, 3.63) is 60.2 Å². The van der Waals surface area contributed by atoms with Gasteiger partial charge in [-0.25, -0.2) is 0 Å². The van der Waals surface area contributed by atoms with Gasteiger partial charge in [-0.15, -0.1) is 0 Å². The third-order valence-electron chi connectivity index (χ3n) is 8.20. The van der Waals surface area contributed by atoms with Gasteiger partial charge in [0.15, 0.2) is 0 Å². The molecule has 3 unspecified atom stereocenters. The van der Waals surface area contributed by atoms with Crippen molar-refractivity contribution in [3.63, 3.8) is 0 Å². The summed E-state index contributed by atoms with van der Waals surface area (Å²) in [5.41, 5.74) is 1.78. The highest BCUT2D eigenvalue weighted by molar-refractivity contribution is 6.12. The minimum absolute atomic E-state index is 0.0320. The van der Waals surface area contributed by atoms with Crippen molar-refractivity contribution in [2.75, 3.05) is 13.6 Å². The topological polar surface area (TPSA) is 78.0 Å². The first-order chi connectivity index (χ1) is 16.3. The second-order valence-electron chi connectivity index (χ2n) is 10.2. The molecule has 7 heteroatoms. The van der Waals surface area contributed by atoms with E-state index in [0.717, 1.165) is 34.4 Å². The Labute approximate surface area is 198 Å². The van der Waals surface area contributed by atoms with Gasteiger partial charge in [-0.1, -0.05) is 54.6 Å². The lowest BCUT2D eigenvalue weighted by molar-refractivity contribution is -0.168. The average molecular weight is 458 g/mol. The number of amides is 4. The summed E-state index contributed by atoms with van der Waals surface area (Å²) in [5.74, 6) is -2.26. The van der Waals surface area contributed by atoms with Crippen LogP contribution in [-0.2, 0) is 25.7 Å². The summed E-state index contributed by atoms with van der Waals surface area (Å²) in [6.45, 7) is 1.95. The van der Waals surface area contributed by atoms with Gasteiger partial charge in [0.1, 0.15) is 12.1 Å². The fraction of sp³-hybridized carbons (Fsp3) is 0.407. The first-order valence-corrected chi connectivity index (χ1v) is 11.9. The molecule has 1 saturated carbocycles. The predicted molar refractivity (Wildman–Crippen MR) is 124 cm³/mol. The fourth-order valence-corrected chi connectivity index (χ4v) is 6.41. The second-order valence-corrected chi connectivity index (χ2v) is 10.2. The molecule has 3 aliphatic heterocycles. The molecular weight excluding hydrogens is 430 g/mol. The van der Waals surface area contributed by atoms with E-state index in [0.29, 0.717) is 0 Å². The number of fused-ring (bicyclic) bond motifs is 3. The molecule has 0 radical (unpaired) electrons. The van der Waals surface area contributed by atoms with Gasteiger partial charge in [0.05, 0.1) is 11.8 Å². The number of carbonyl (C=O) groups excluding carboxylic acids is 4. The van der Waals surface area contributed by atoms with Crippen LogP contribution in [0, 0.1) is 17.8 Å². The molecule has 2 aromatic carbocycles. The van der Waals surface area contributed by atoms with Crippen LogP contribution in [0.15, 0.2) is 54.6 Å². The summed E-state index contributed by atoms with van der Waals surface area (Å²) in [6.07, 6.45) is 1.84. The zero-order chi connectivity index (χ0) is 23.8. The lowest BCUT2D eigenvalue weighted by Gasteiger charge is -2.47. The Balaban J connectivity index is 1.31. The molecule has 34 heavy (non-hydrogen) atoms. The molecule has 0 aromatic heterocycles. The SMILES string of the molecule is CN1C(=O)C2C(C3CC3)N3C(=O)CN(Cc4ccc(-c5ccccc5)cc4)C(=O)[C@@]3(C)C2C1=O. The molecule has 3 heterocycles. The first kappa shape index (κ1) is 21.1. The molecule has 1 aliphatic carbocycles. The third kappa shape index (κ3) is 2.82. The Kier molecular flexibility index (Phi) is 4.50. The van der Waals surface area contributed by atoms with Gasteiger partial charge >= 0.3 is 0 Å². The number of hydrogen-bond acceptors (Lipinski definition) is 4. The fourth-order valence-electron chi connectivity index (χ4n) is 6.41. The summed E-state index contributed by atoms with van der Waals surface area (Å²) < 4.78 is 0. The lowest BCUT2D eigenvalue weighted by Crippen LogP contribution is -2.68. The largest absolute Gasteiger partial charge is 0.327 e. The van der Waals surface area contributed by atoms with Crippen molar-refractivity contribution in [3.8, 4) is 11.1 Å². The highest BCUT2D eigenvalue weighted by Crippen LogP contribution is 2.56. The van der Waals surface area contributed by atoms with Gasteiger partial charge in [-0.3, -0.25) is 24.1 Å². The highest BCUT2D eigenvalue weighted by Gasteiger charge is 2.73. The second kappa shape index (κ2) is 7.26. The van der Waals surface area contributed by atoms with Gasteiger partial charge in [0, 0.05) is 19.6 Å². The molecule has 0 bridgehead atoms. The van der Waals surface area contributed by atoms with Crippen LogP contribution in [0.5, 0.6) is 0 Å². The predicted octanol–water partition coefficient (Wildman–Crippen LogP) is 2.31. The Morgan fingerprint density at radius 1 is 0.882 bits per heavy atom. The van der Waals surface area contributed by atoms with Crippen LogP contribution in [-0.4, -0.2) is 63.5 Å². The molecule has 2 aromatic rings. The minimum Gasteiger partial charge on any atom is -0.327 e. The normalized spacial score (nSPS) is 30.8. The molecule has 4 aliphatic rings. The maximum atomic E-state index is 13.9. The van der Waals surface area contributed by atoms with Crippen molar-refractivity contribution in [2.45, 2.75) is 37.9 Å². The number of piperazine rings is 1. The molecule has 0 spiro atoms. The van der Waals surface area contributed by atoms with Gasteiger partial charge in [-0.2, -0.15) is 0 Å².